The molecule has 11 amide bonds. The first kappa shape index (κ1) is 98.0. The minimum atomic E-state index is -0.640. The van der Waals surface area contributed by atoms with Crippen LogP contribution in [-0.4, -0.2) is 271 Å². The number of aryl methyl sites for hydroxylation is 7. The number of ether oxygens (including phenoxy) is 7. The van der Waals surface area contributed by atoms with E-state index in [-0.39, 0.29) is 159 Å². The number of carbonyl (C=O) groups excluding carboxylic acids is 11. The number of nitrogens with zero attached hydrogens (tertiary/aromatic N) is 17. The van der Waals surface area contributed by atoms with E-state index in [1.807, 2.05) is 36.7 Å². The lowest BCUT2D eigenvalue weighted by Crippen LogP contribution is -2.37. The van der Waals surface area contributed by atoms with Crippen molar-refractivity contribution in [3.05, 3.63) is 162 Å². The molecule has 1 atom stereocenters. The lowest BCUT2D eigenvalue weighted by atomic mass is 10.1. The third kappa shape index (κ3) is 28.3. The van der Waals surface area contributed by atoms with E-state index in [1.165, 1.54) is 82.8 Å². The first-order valence-electron chi connectivity index (χ1n) is 43.5. The Labute approximate surface area is 768 Å². The van der Waals surface area contributed by atoms with E-state index >= 15 is 0 Å². The van der Waals surface area contributed by atoms with Crippen molar-refractivity contribution in [3.8, 4) is 17.4 Å². The average molecular weight is 1850 g/mol. The Morgan fingerprint density at radius 1 is 0.455 bits per heavy atom. The van der Waals surface area contributed by atoms with Crippen molar-refractivity contribution in [2.24, 2.45) is 49.3 Å². The molecule has 12 rings (SSSR count). The molecule has 11 heterocycles. The molecule has 0 radical (unpaired) electrons. The second-order valence-electron chi connectivity index (χ2n) is 31.4. The molecule has 714 valence electrons. The molecule has 11 aromatic rings. The summed E-state index contributed by atoms with van der Waals surface area (Å²) in [7, 11) is 11.2. The van der Waals surface area contributed by atoms with Crippen molar-refractivity contribution < 1.29 is 85.9 Å². The Balaban J connectivity index is 0.447. The number of hydrogen-bond donors (Lipinski definition) is 13. The fourth-order valence-electron chi connectivity index (χ4n) is 13.9. The van der Waals surface area contributed by atoms with Gasteiger partial charge in [-0.15, -0.1) is 0 Å². The molecule has 10 aromatic heterocycles. The number of anilines is 7. The molecule has 0 saturated carbocycles. The van der Waals surface area contributed by atoms with E-state index in [0.717, 1.165) is 42.7 Å². The summed E-state index contributed by atoms with van der Waals surface area (Å²) in [5.74, 6) is -3.95. The van der Waals surface area contributed by atoms with Crippen LogP contribution < -0.4 is 78.6 Å². The van der Waals surface area contributed by atoms with E-state index in [9.17, 15) is 52.7 Å². The van der Waals surface area contributed by atoms with Crippen molar-refractivity contribution >= 4 is 111 Å². The quantitative estimate of drug-likeness (QED) is 0.0244. The zero-order chi connectivity index (χ0) is 95.2. The maximum atomic E-state index is 13.4. The standard InChI is InChI=1S/C86H112N30O18/c1-54(2)61-47-96-116-73(61)106-86(134-60-13-10-20-87-46-60)107-85(116)94-45-55-15-16-59(44-62(55)115-28-12-22-95-115)133-40-39-132-38-37-131-36-35-130-34-33-129-32-31-128-30-27-88-69(117)17-23-92-82(125)76-104-68(53-113(76)8)105-80(123)65-41-56(48-111(65)6)97-71(119)18-25-93-81(124)75-102-66(51-112(75)7)100-70(118)14-11-21-90-78(121)63-43-58(50-109(63)4)99-84(127)77-103-67(52-114(77)9)101-72(120)19-24-91-79(122)64-42-57(49-110(64)5)98-83(126)74-89-26-29-108(74)3/h12,15-16,22,26,28-29,41-44,47-54,60,87H,10-11,13-14,17-21,23-25,27,30-40,45-46H2,1-9H3,(H,88,117)(H,90,121)(H,91,122)(H,92,125)(H,93,124)(H,97,119)(H,98,126)(H,99,127)(H,100,118)(H,101,120)(H,105,123)(H,94,106,107). The molecule has 0 aliphatic carbocycles. The van der Waals surface area contributed by atoms with Gasteiger partial charge in [-0.25, -0.2) is 24.6 Å². The Kier molecular flexibility index (Phi) is 35.3. The minimum absolute atomic E-state index is 0.00387. The number of hydrogen-bond acceptors (Lipinski definition) is 28. The van der Waals surface area contributed by atoms with E-state index in [4.69, 9.17) is 43.1 Å². The Morgan fingerprint density at radius 2 is 0.963 bits per heavy atom. The summed E-state index contributed by atoms with van der Waals surface area (Å²) in [6.45, 7) is 10.4. The van der Waals surface area contributed by atoms with Crippen molar-refractivity contribution in [1.82, 2.24) is 113 Å². The lowest BCUT2D eigenvalue weighted by molar-refractivity contribution is -0.121. The maximum Gasteiger partial charge on any atom is 0.322 e. The summed E-state index contributed by atoms with van der Waals surface area (Å²) < 4.78 is 54.3. The van der Waals surface area contributed by atoms with Gasteiger partial charge in [-0.1, -0.05) is 19.9 Å². The molecule has 1 aliphatic rings. The molecule has 0 bridgehead atoms. The van der Waals surface area contributed by atoms with Crippen LogP contribution >= 0.6 is 0 Å². The topological polar surface area (TPSA) is 556 Å². The zero-order valence-corrected chi connectivity index (χ0v) is 75.9. The number of benzene rings is 1. The van der Waals surface area contributed by atoms with Crippen LogP contribution in [-0.2, 0) is 98.7 Å². The molecular weight excluding hydrogens is 1740 g/mol. The van der Waals surface area contributed by atoms with Gasteiger partial charge in [0.15, 0.2) is 28.9 Å². The Bertz CT molecular complexity index is 5900. The highest BCUT2D eigenvalue weighted by atomic mass is 16.6. The van der Waals surface area contributed by atoms with Gasteiger partial charge < -0.3 is 134 Å². The van der Waals surface area contributed by atoms with Crippen LogP contribution in [0.25, 0.3) is 11.3 Å². The average Bonchev–Trinajstić information content (AvgIpc) is 1.67. The normalized spacial score (nSPS) is 12.4. The van der Waals surface area contributed by atoms with Gasteiger partial charge in [0.25, 0.3) is 41.4 Å². The van der Waals surface area contributed by atoms with Crippen LogP contribution in [0.3, 0.4) is 0 Å². The van der Waals surface area contributed by atoms with Crippen molar-refractivity contribution in [2.75, 3.05) is 156 Å². The number of nitrogens with one attached hydrogen (secondary N) is 13. The van der Waals surface area contributed by atoms with Crippen LogP contribution in [0.1, 0.15) is 150 Å². The van der Waals surface area contributed by atoms with Crippen molar-refractivity contribution in [3.63, 3.8) is 0 Å². The largest absolute Gasteiger partial charge is 0.491 e. The first-order chi connectivity index (χ1) is 64.7. The van der Waals surface area contributed by atoms with Gasteiger partial charge >= 0.3 is 6.01 Å². The second-order valence-corrected chi connectivity index (χ2v) is 31.4. The molecular formula is C86H112N30O18. The number of rotatable bonds is 52. The molecule has 1 unspecified atom stereocenters. The molecule has 48 nitrogen and oxygen atoms in total. The molecule has 134 heavy (non-hydrogen) atoms. The number of fused-ring (bicyclic) bond motifs is 1. The maximum absolute atomic E-state index is 13.4. The van der Waals surface area contributed by atoms with E-state index < -0.39 is 59.1 Å². The summed E-state index contributed by atoms with van der Waals surface area (Å²) in [6.07, 6.45) is 19.3. The van der Waals surface area contributed by atoms with E-state index in [1.54, 1.807) is 81.7 Å². The summed E-state index contributed by atoms with van der Waals surface area (Å²) in [4.78, 5) is 169. The summed E-state index contributed by atoms with van der Waals surface area (Å²) in [6, 6.07) is 12.4. The third-order valence-electron chi connectivity index (χ3n) is 20.6. The Morgan fingerprint density at radius 3 is 1.51 bits per heavy atom. The molecule has 13 N–H and O–H groups in total. The van der Waals surface area contributed by atoms with E-state index in [2.05, 4.69) is 113 Å². The van der Waals surface area contributed by atoms with Gasteiger partial charge in [0.05, 0.1) is 95.0 Å². The summed E-state index contributed by atoms with van der Waals surface area (Å²) >= 11 is 0. The lowest BCUT2D eigenvalue weighted by Gasteiger charge is -2.23. The van der Waals surface area contributed by atoms with Gasteiger partial charge in [0, 0.05) is 194 Å². The summed E-state index contributed by atoms with van der Waals surface area (Å²) in [5, 5.41) is 45.4. The van der Waals surface area contributed by atoms with Crippen LogP contribution in [0.4, 0.5) is 40.5 Å². The highest BCUT2D eigenvalue weighted by Crippen LogP contribution is 2.28. The predicted octanol–water partition coefficient (Wildman–Crippen LogP) is 2.95. The molecule has 1 aliphatic heterocycles. The number of amides is 11. The summed E-state index contributed by atoms with van der Waals surface area (Å²) in [5.41, 5.74) is 4.98. The van der Waals surface area contributed by atoms with Gasteiger partial charge in [-0.3, -0.25) is 52.7 Å². The van der Waals surface area contributed by atoms with Crippen molar-refractivity contribution in [1.29, 1.82) is 0 Å². The third-order valence-corrected chi connectivity index (χ3v) is 20.6. The molecule has 48 heteroatoms. The van der Waals surface area contributed by atoms with E-state index in [0.29, 0.717) is 102 Å². The van der Waals surface area contributed by atoms with Crippen molar-refractivity contribution in [2.45, 2.75) is 77.4 Å². The fraction of sp³-hybridized carbons (Fsp3) is 0.430. The highest BCUT2D eigenvalue weighted by Gasteiger charge is 2.27. The Hall–Kier alpha value is -15.0. The SMILES string of the molecule is CC(C)c1cnn2c(NCc3ccc(OCCOCCOCCOCCOCCOCCNC(=O)CCNC(=O)c4nc(NC(=O)c5cc(NC(=O)CCNC(=O)c6nc(NC(=O)CCCNC(=O)c7cc(NC(=O)c8nc(NC(=O)CCNC(=O)c9cc(NC(=O)c%10nccn%10C)cn9C)cn8C)cn7C)cn6C)cn5C)cn4C)cc3-n3cccn3)nc(OC3CCCNC3)nc12. The smallest absolute Gasteiger partial charge is 0.322 e. The number of aromatic nitrogens is 17. The number of imidazole rings is 4. The monoisotopic (exact) mass is 1850 g/mol. The molecule has 1 aromatic carbocycles. The second kappa shape index (κ2) is 48.2. The number of piperidine rings is 1. The fourth-order valence-corrected chi connectivity index (χ4v) is 13.9. The molecule has 1 saturated heterocycles. The first-order valence-corrected chi connectivity index (χ1v) is 43.5. The predicted molar refractivity (Wildman–Crippen MR) is 486 cm³/mol. The molecule has 1 fully saturated rings. The van der Waals surface area contributed by atoms with Gasteiger partial charge in [-0.2, -0.15) is 24.7 Å². The van der Waals surface area contributed by atoms with Crippen LogP contribution in [0.15, 0.2) is 111 Å². The van der Waals surface area contributed by atoms with Crippen LogP contribution in [0.5, 0.6) is 11.8 Å². The van der Waals surface area contributed by atoms with Crippen LogP contribution in [0, 0.1) is 0 Å². The zero-order valence-electron chi connectivity index (χ0n) is 75.9. The highest BCUT2D eigenvalue weighted by molar-refractivity contribution is 6.06. The molecule has 0 spiro atoms. The van der Waals surface area contributed by atoms with Gasteiger partial charge in [0.1, 0.15) is 35.5 Å². The number of carbonyl (C=O) groups is 11. The van der Waals surface area contributed by atoms with Crippen LogP contribution in [0.2, 0.25) is 0 Å². The minimum Gasteiger partial charge on any atom is -0.491 e. The van der Waals surface area contributed by atoms with Gasteiger partial charge in [0.2, 0.25) is 47.1 Å². The van der Waals surface area contributed by atoms with Gasteiger partial charge in [-0.05, 0) is 67.6 Å².